The van der Waals surface area contributed by atoms with Crippen molar-refractivity contribution in [3.63, 3.8) is 0 Å². The second-order valence-electron chi connectivity index (χ2n) is 3.26. The normalized spacial score (nSPS) is 9.94. The second kappa shape index (κ2) is 4.97. The van der Waals surface area contributed by atoms with E-state index in [-0.39, 0.29) is 0 Å². The molecule has 1 aromatic carbocycles. The molecule has 0 spiro atoms. The predicted molar refractivity (Wildman–Crippen MR) is 67.6 cm³/mol. The summed E-state index contributed by atoms with van der Waals surface area (Å²) in [7, 11) is 0. The van der Waals surface area contributed by atoms with Gasteiger partial charge in [-0.3, -0.25) is 0 Å². The standard InChI is InChI=1S/C12H9BrN2O2/c13-11-7-3-5-9(15-11)8-4-1-2-6-10(8)17-12(14)16/h1-7H,(H2,14,16). The number of rotatable bonds is 2. The molecule has 1 heterocycles. The van der Waals surface area contributed by atoms with Gasteiger partial charge in [0.25, 0.3) is 0 Å². The molecule has 0 aliphatic rings. The number of ether oxygens (including phenoxy) is 1. The lowest BCUT2D eigenvalue weighted by atomic mass is 10.1. The third kappa shape index (κ3) is 2.82. The molecular formula is C12H9BrN2O2. The summed E-state index contributed by atoms with van der Waals surface area (Å²) in [5.41, 5.74) is 6.43. The van der Waals surface area contributed by atoms with Crippen LogP contribution in [0.1, 0.15) is 0 Å². The van der Waals surface area contributed by atoms with Crippen LogP contribution in [0.4, 0.5) is 4.79 Å². The van der Waals surface area contributed by atoms with Gasteiger partial charge in [-0.1, -0.05) is 18.2 Å². The number of halogens is 1. The van der Waals surface area contributed by atoms with Crippen molar-refractivity contribution in [3.8, 4) is 17.0 Å². The zero-order chi connectivity index (χ0) is 12.3. The number of pyridine rings is 1. The van der Waals surface area contributed by atoms with E-state index in [0.717, 1.165) is 0 Å². The summed E-state index contributed by atoms with van der Waals surface area (Å²) in [4.78, 5) is 15.1. The molecule has 0 aliphatic heterocycles. The van der Waals surface area contributed by atoms with Crippen LogP contribution in [0.5, 0.6) is 5.75 Å². The summed E-state index contributed by atoms with van der Waals surface area (Å²) in [6, 6.07) is 12.6. The van der Waals surface area contributed by atoms with E-state index in [1.165, 1.54) is 0 Å². The van der Waals surface area contributed by atoms with Crippen molar-refractivity contribution in [3.05, 3.63) is 47.1 Å². The van der Waals surface area contributed by atoms with E-state index in [0.29, 0.717) is 21.6 Å². The van der Waals surface area contributed by atoms with E-state index in [1.807, 2.05) is 30.3 Å². The van der Waals surface area contributed by atoms with Gasteiger partial charge in [0.15, 0.2) is 0 Å². The van der Waals surface area contributed by atoms with Gasteiger partial charge in [0, 0.05) is 5.56 Å². The minimum absolute atomic E-state index is 0.394. The minimum Gasteiger partial charge on any atom is -0.410 e. The molecule has 0 atom stereocenters. The number of primary amides is 1. The van der Waals surface area contributed by atoms with Crippen molar-refractivity contribution < 1.29 is 9.53 Å². The quantitative estimate of drug-likeness (QED) is 0.866. The number of nitrogens with zero attached hydrogens (tertiary/aromatic N) is 1. The van der Waals surface area contributed by atoms with Gasteiger partial charge in [0.1, 0.15) is 10.4 Å². The molecular weight excluding hydrogens is 284 g/mol. The molecule has 1 aromatic heterocycles. The molecule has 0 aliphatic carbocycles. The van der Waals surface area contributed by atoms with Gasteiger partial charge in [-0.2, -0.15) is 0 Å². The second-order valence-corrected chi connectivity index (χ2v) is 4.08. The van der Waals surface area contributed by atoms with E-state index in [2.05, 4.69) is 20.9 Å². The van der Waals surface area contributed by atoms with Crippen LogP contribution in [0, 0.1) is 0 Å². The molecule has 1 amide bonds. The molecule has 4 nitrogen and oxygen atoms in total. The highest BCUT2D eigenvalue weighted by atomic mass is 79.9. The number of benzene rings is 1. The summed E-state index contributed by atoms with van der Waals surface area (Å²) in [6.45, 7) is 0. The van der Waals surface area contributed by atoms with Crippen LogP contribution >= 0.6 is 15.9 Å². The summed E-state index contributed by atoms with van der Waals surface area (Å²) < 4.78 is 5.64. The Balaban J connectivity index is 2.47. The van der Waals surface area contributed by atoms with Crippen molar-refractivity contribution in [2.24, 2.45) is 5.73 Å². The van der Waals surface area contributed by atoms with Gasteiger partial charge >= 0.3 is 6.09 Å². The highest BCUT2D eigenvalue weighted by Crippen LogP contribution is 2.29. The number of carbonyl (C=O) groups excluding carboxylic acids is 1. The number of hydrogen-bond donors (Lipinski definition) is 1. The fourth-order valence-corrected chi connectivity index (χ4v) is 1.78. The van der Waals surface area contributed by atoms with Crippen LogP contribution < -0.4 is 10.5 Å². The Hall–Kier alpha value is -1.88. The number of carbonyl (C=O) groups is 1. The van der Waals surface area contributed by atoms with E-state index in [4.69, 9.17) is 10.5 Å². The Morgan fingerprint density at radius 3 is 2.65 bits per heavy atom. The molecule has 2 rings (SSSR count). The number of aromatic nitrogens is 1. The Morgan fingerprint density at radius 2 is 1.94 bits per heavy atom. The highest BCUT2D eigenvalue weighted by molar-refractivity contribution is 9.10. The summed E-state index contributed by atoms with van der Waals surface area (Å²) in [5.74, 6) is 0.394. The maximum Gasteiger partial charge on any atom is 0.409 e. The molecule has 0 bridgehead atoms. The van der Waals surface area contributed by atoms with Crippen LogP contribution in [-0.4, -0.2) is 11.1 Å². The Labute approximate surface area is 107 Å². The van der Waals surface area contributed by atoms with Crippen molar-refractivity contribution >= 4 is 22.0 Å². The van der Waals surface area contributed by atoms with Crippen LogP contribution in [0.15, 0.2) is 47.1 Å². The molecule has 0 saturated heterocycles. The number of nitrogens with two attached hydrogens (primary N) is 1. The first-order valence-corrected chi connectivity index (χ1v) is 5.65. The smallest absolute Gasteiger partial charge is 0.409 e. The topological polar surface area (TPSA) is 65.2 Å². The van der Waals surface area contributed by atoms with Crippen molar-refractivity contribution in [2.75, 3.05) is 0 Å². The van der Waals surface area contributed by atoms with Gasteiger partial charge in [0.2, 0.25) is 0 Å². The third-order valence-corrected chi connectivity index (χ3v) is 2.53. The van der Waals surface area contributed by atoms with Gasteiger partial charge in [-0.05, 0) is 40.2 Å². The Morgan fingerprint density at radius 1 is 1.18 bits per heavy atom. The number of hydrogen-bond acceptors (Lipinski definition) is 3. The largest absolute Gasteiger partial charge is 0.410 e. The summed E-state index contributed by atoms with van der Waals surface area (Å²) >= 11 is 3.29. The van der Waals surface area contributed by atoms with E-state index in [1.54, 1.807) is 12.1 Å². The number of amides is 1. The monoisotopic (exact) mass is 292 g/mol. The Kier molecular flexibility index (Phi) is 3.39. The SMILES string of the molecule is NC(=O)Oc1ccccc1-c1cccc(Br)n1. The summed E-state index contributed by atoms with van der Waals surface area (Å²) in [5, 5.41) is 0. The minimum atomic E-state index is -0.840. The maximum absolute atomic E-state index is 10.8. The van der Waals surface area contributed by atoms with E-state index < -0.39 is 6.09 Å². The lowest BCUT2D eigenvalue weighted by Crippen LogP contribution is -2.16. The van der Waals surface area contributed by atoms with Crippen LogP contribution in [0.3, 0.4) is 0 Å². The zero-order valence-corrected chi connectivity index (χ0v) is 10.3. The van der Waals surface area contributed by atoms with Crippen LogP contribution in [-0.2, 0) is 0 Å². The average molecular weight is 293 g/mol. The molecule has 0 saturated carbocycles. The highest BCUT2D eigenvalue weighted by Gasteiger charge is 2.09. The van der Waals surface area contributed by atoms with Crippen molar-refractivity contribution in [1.82, 2.24) is 4.98 Å². The number of para-hydroxylation sites is 1. The van der Waals surface area contributed by atoms with Gasteiger partial charge in [-0.15, -0.1) is 0 Å². The van der Waals surface area contributed by atoms with Gasteiger partial charge in [-0.25, -0.2) is 9.78 Å². The van der Waals surface area contributed by atoms with Crippen molar-refractivity contribution in [2.45, 2.75) is 0 Å². The van der Waals surface area contributed by atoms with Crippen LogP contribution in [0.2, 0.25) is 0 Å². The lowest BCUT2D eigenvalue weighted by Gasteiger charge is -2.07. The lowest BCUT2D eigenvalue weighted by molar-refractivity contribution is 0.211. The molecule has 0 unspecified atom stereocenters. The first-order chi connectivity index (χ1) is 8.16. The van der Waals surface area contributed by atoms with Crippen LogP contribution in [0.25, 0.3) is 11.3 Å². The molecule has 0 radical (unpaired) electrons. The zero-order valence-electron chi connectivity index (χ0n) is 8.76. The fraction of sp³-hybridized carbons (Fsp3) is 0. The first-order valence-electron chi connectivity index (χ1n) is 4.86. The molecule has 0 fully saturated rings. The van der Waals surface area contributed by atoms with E-state index in [9.17, 15) is 4.79 Å². The molecule has 86 valence electrons. The fourth-order valence-electron chi connectivity index (χ4n) is 1.43. The first kappa shape index (κ1) is 11.6. The predicted octanol–water partition coefficient (Wildman–Crippen LogP) is 2.97. The molecule has 17 heavy (non-hydrogen) atoms. The third-order valence-electron chi connectivity index (χ3n) is 2.09. The summed E-state index contributed by atoms with van der Waals surface area (Å²) in [6.07, 6.45) is -0.840. The average Bonchev–Trinajstić information content (AvgIpc) is 2.29. The van der Waals surface area contributed by atoms with Crippen molar-refractivity contribution in [1.29, 1.82) is 0 Å². The van der Waals surface area contributed by atoms with E-state index >= 15 is 0 Å². The Bertz CT molecular complexity index is 558. The van der Waals surface area contributed by atoms with Gasteiger partial charge in [0.05, 0.1) is 5.69 Å². The molecule has 5 heteroatoms. The maximum atomic E-state index is 10.8. The molecule has 2 aromatic rings. The van der Waals surface area contributed by atoms with Gasteiger partial charge < -0.3 is 10.5 Å². The molecule has 2 N–H and O–H groups in total.